The average Bonchev–Trinajstić information content (AvgIpc) is 3.16. The molecule has 2 N–H and O–H groups in total. The number of benzene rings is 2. The molecule has 1 aromatic heterocycles. The summed E-state index contributed by atoms with van der Waals surface area (Å²) in [6.07, 6.45) is 5.30. The summed E-state index contributed by atoms with van der Waals surface area (Å²) in [5.41, 5.74) is 3.13. The van der Waals surface area contributed by atoms with Gasteiger partial charge in [0, 0.05) is 19.8 Å². The molecule has 0 bridgehead atoms. The highest BCUT2D eigenvalue weighted by Crippen LogP contribution is 2.29. The number of ether oxygens (including phenoxy) is 2. The molecule has 0 saturated carbocycles. The molecular weight excluding hydrogens is 366 g/mol. The molecule has 3 rings (SSSR count). The number of aliphatic hydroxyl groups excluding tert-OH is 1. The van der Waals surface area contributed by atoms with Crippen LogP contribution >= 0.6 is 0 Å². The fourth-order valence-corrected chi connectivity index (χ4v) is 2.89. The number of aryl methyl sites for hydroxylation is 1. The van der Waals surface area contributed by atoms with Crippen LogP contribution in [0.1, 0.15) is 16.8 Å². The SMILES string of the molecule is COc1ccc(CCNC(O)/C=C/c2ccnn2C)cc1OCc1ccccc1. The summed E-state index contributed by atoms with van der Waals surface area (Å²) in [4.78, 5) is 0. The number of nitrogens with one attached hydrogen (secondary N) is 1. The van der Waals surface area contributed by atoms with Gasteiger partial charge >= 0.3 is 0 Å². The highest BCUT2D eigenvalue weighted by molar-refractivity contribution is 5.45. The number of methoxy groups -OCH3 is 1. The van der Waals surface area contributed by atoms with Crippen molar-refractivity contribution in [1.82, 2.24) is 15.1 Å². The third kappa shape index (κ3) is 6.20. The molecule has 0 aliphatic carbocycles. The second-order valence-corrected chi connectivity index (χ2v) is 6.65. The molecule has 152 valence electrons. The second-order valence-electron chi connectivity index (χ2n) is 6.65. The summed E-state index contributed by atoms with van der Waals surface area (Å²) < 4.78 is 13.1. The summed E-state index contributed by atoms with van der Waals surface area (Å²) in [6.45, 7) is 1.11. The molecule has 2 aromatic carbocycles. The molecule has 1 heterocycles. The molecule has 0 fully saturated rings. The molecule has 0 radical (unpaired) electrons. The number of hydrogen-bond acceptors (Lipinski definition) is 5. The Morgan fingerprint density at radius 1 is 1.10 bits per heavy atom. The Bertz CT molecular complexity index is 922. The quantitative estimate of drug-likeness (QED) is 0.518. The van der Waals surface area contributed by atoms with Gasteiger partial charge in [-0.25, -0.2) is 0 Å². The third-order valence-electron chi connectivity index (χ3n) is 4.54. The molecule has 3 aromatic rings. The summed E-state index contributed by atoms with van der Waals surface area (Å²) in [5.74, 6) is 1.42. The van der Waals surface area contributed by atoms with Crippen molar-refractivity contribution in [3.05, 3.63) is 83.7 Å². The van der Waals surface area contributed by atoms with Crippen molar-refractivity contribution in [2.45, 2.75) is 19.3 Å². The summed E-state index contributed by atoms with van der Waals surface area (Å²) in [5, 5.41) is 17.3. The minimum Gasteiger partial charge on any atom is -0.493 e. The third-order valence-corrected chi connectivity index (χ3v) is 4.54. The maximum Gasteiger partial charge on any atom is 0.161 e. The molecule has 0 aliphatic heterocycles. The smallest absolute Gasteiger partial charge is 0.161 e. The molecule has 0 amide bonds. The van der Waals surface area contributed by atoms with Gasteiger partial charge in [0.15, 0.2) is 11.5 Å². The summed E-state index contributed by atoms with van der Waals surface area (Å²) in [7, 11) is 3.50. The monoisotopic (exact) mass is 393 g/mol. The molecule has 0 spiro atoms. The zero-order valence-corrected chi connectivity index (χ0v) is 16.8. The molecule has 0 aliphatic rings. The molecule has 29 heavy (non-hydrogen) atoms. The van der Waals surface area contributed by atoms with Crippen LogP contribution in [0.3, 0.4) is 0 Å². The van der Waals surface area contributed by atoms with Gasteiger partial charge in [0.25, 0.3) is 0 Å². The number of nitrogens with zero attached hydrogens (tertiary/aromatic N) is 2. The summed E-state index contributed by atoms with van der Waals surface area (Å²) in [6, 6.07) is 17.8. The van der Waals surface area contributed by atoms with E-state index in [1.807, 2.05) is 67.7 Å². The molecule has 0 saturated heterocycles. The molecule has 6 nitrogen and oxygen atoms in total. The Balaban J connectivity index is 1.52. The van der Waals surface area contributed by atoms with Crippen LogP contribution in [0.4, 0.5) is 0 Å². The number of rotatable bonds is 10. The van der Waals surface area contributed by atoms with Crippen molar-refractivity contribution in [2.75, 3.05) is 13.7 Å². The number of aliphatic hydroxyl groups is 1. The number of hydrogen-bond donors (Lipinski definition) is 2. The highest BCUT2D eigenvalue weighted by Gasteiger charge is 2.07. The van der Waals surface area contributed by atoms with Gasteiger partial charge in [-0.05, 0) is 47.9 Å². The van der Waals surface area contributed by atoms with Crippen molar-refractivity contribution >= 4 is 6.08 Å². The first kappa shape index (κ1) is 20.6. The Hall–Kier alpha value is -3.09. The predicted octanol–water partition coefficient (Wildman–Crippen LogP) is 3.17. The van der Waals surface area contributed by atoms with E-state index in [0.29, 0.717) is 24.7 Å². The normalized spacial score (nSPS) is 12.2. The predicted molar refractivity (Wildman–Crippen MR) is 114 cm³/mol. The lowest BCUT2D eigenvalue weighted by Gasteiger charge is -2.13. The minimum absolute atomic E-state index is 0.483. The van der Waals surface area contributed by atoms with Crippen molar-refractivity contribution < 1.29 is 14.6 Å². The van der Waals surface area contributed by atoms with Gasteiger partial charge < -0.3 is 14.6 Å². The Morgan fingerprint density at radius 2 is 1.93 bits per heavy atom. The van der Waals surface area contributed by atoms with Crippen molar-refractivity contribution in [2.24, 2.45) is 7.05 Å². The van der Waals surface area contributed by atoms with E-state index in [9.17, 15) is 5.11 Å². The van der Waals surface area contributed by atoms with Gasteiger partial charge in [-0.3, -0.25) is 10.00 Å². The van der Waals surface area contributed by atoms with Crippen LogP contribution in [-0.2, 0) is 20.1 Å². The van der Waals surface area contributed by atoms with E-state index in [1.54, 1.807) is 24.1 Å². The van der Waals surface area contributed by atoms with Gasteiger partial charge in [-0.15, -0.1) is 0 Å². The van der Waals surface area contributed by atoms with E-state index in [-0.39, 0.29) is 0 Å². The fourth-order valence-electron chi connectivity index (χ4n) is 2.89. The standard InChI is InChI=1S/C23H27N3O3/c1-26-20(13-15-25-26)9-11-23(27)24-14-12-18-8-10-21(28-2)22(16-18)29-17-19-6-4-3-5-7-19/h3-11,13,15-16,23-24,27H,12,14,17H2,1-2H3/b11-9+. The number of aromatic nitrogens is 2. The molecule has 1 unspecified atom stereocenters. The van der Waals surface area contributed by atoms with Crippen LogP contribution in [0.2, 0.25) is 0 Å². The summed E-state index contributed by atoms with van der Waals surface area (Å²) >= 11 is 0. The zero-order chi connectivity index (χ0) is 20.5. The van der Waals surface area contributed by atoms with Crippen LogP contribution in [-0.4, -0.2) is 34.8 Å². The van der Waals surface area contributed by atoms with Crippen molar-refractivity contribution in [3.63, 3.8) is 0 Å². The van der Waals surface area contributed by atoms with Crippen LogP contribution in [0.25, 0.3) is 6.08 Å². The van der Waals surface area contributed by atoms with E-state index in [1.165, 1.54) is 0 Å². The van der Waals surface area contributed by atoms with E-state index in [4.69, 9.17) is 9.47 Å². The van der Waals surface area contributed by atoms with Crippen LogP contribution in [0, 0.1) is 0 Å². The van der Waals surface area contributed by atoms with E-state index in [2.05, 4.69) is 10.4 Å². The lowest BCUT2D eigenvalue weighted by Crippen LogP contribution is -2.28. The molecule has 6 heteroatoms. The van der Waals surface area contributed by atoms with Crippen LogP contribution in [0.5, 0.6) is 11.5 Å². The van der Waals surface area contributed by atoms with Crippen molar-refractivity contribution in [1.29, 1.82) is 0 Å². The van der Waals surface area contributed by atoms with E-state index < -0.39 is 6.23 Å². The lowest BCUT2D eigenvalue weighted by molar-refractivity contribution is 0.186. The van der Waals surface area contributed by atoms with Gasteiger partial charge in [-0.2, -0.15) is 5.10 Å². The first-order valence-electron chi connectivity index (χ1n) is 9.57. The first-order chi connectivity index (χ1) is 14.2. The maximum absolute atomic E-state index is 10.1. The van der Waals surface area contributed by atoms with Gasteiger partial charge in [0.2, 0.25) is 0 Å². The largest absolute Gasteiger partial charge is 0.493 e. The topological polar surface area (TPSA) is 68.5 Å². The molecule has 1 atom stereocenters. The van der Waals surface area contributed by atoms with Gasteiger partial charge in [-0.1, -0.05) is 36.4 Å². The molecular formula is C23H27N3O3. The minimum atomic E-state index is -0.725. The van der Waals surface area contributed by atoms with Crippen LogP contribution in [0.15, 0.2) is 66.9 Å². The Labute approximate surface area is 171 Å². The van der Waals surface area contributed by atoms with Crippen LogP contribution < -0.4 is 14.8 Å². The Kier molecular flexibility index (Phi) is 7.44. The average molecular weight is 393 g/mol. The lowest BCUT2D eigenvalue weighted by atomic mass is 10.1. The Morgan fingerprint density at radius 3 is 2.66 bits per heavy atom. The zero-order valence-electron chi connectivity index (χ0n) is 16.8. The highest BCUT2D eigenvalue weighted by atomic mass is 16.5. The van der Waals surface area contributed by atoms with Gasteiger partial charge in [0.05, 0.1) is 12.8 Å². The second kappa shape index (κ2) is 10.5. The van der Waals surface area contributed by atoms with Crippen molar-refractivity contribution in [3.8, 4) is 11.5 Å². The first-order valence-corrected chi connectivity index (χ1v) is 9.57. The van der Waals surface area contributed by atoms with E-state index in [0.717, 1.165) is 23.2 Å². The van der Waals surface area contributed by atoms with E-state index >= 15 is 0 Å². The fraction of sp³-hybridized carbons (Fsp3) is 0.261. The van der Waals surface area contributed by atoms with Gasteiger partial charge in [0.1, 0.15) is 12.8 Å². The maximum atomic E-state index is 10.1.